The molecule has 1 unspecified atom stereocenters. The molecule has 0 aromatic rings. The largest absolute Gasteiger partial charge is 0.327 e. The first-order chi connectivity index (χ1) is 6.18. The summed E-state index contributed by atoms with van der Waals surface area (Å²) in [5, 5.41) is 0. The Morgan fingerprint density at radius 3 is 2.69 bits per heavy atom. The first-order valence-corrected chi connectivity index (χ1v) is 5.31. The molecular formula is C11H22N2. The van der Waals surface area contributed by atoms with Gasteiger partial charge in [0.2, 0.25) is 0 Å². The van der Waals surface area contributed by atoms with Gasteiger partial charge in [-0.25, -0.2) is 0 Å². The zero-order valence-electron chi connectivity index (χ0n) is 8.87. The Bertz CT molecular complexity index is 163. The minimum atomic E-state index is 0.353. The van der Waals surface area contributed by atoms with E-state index in [4.69, 9.17) is 5.73 Å². The van der Waals surface area contributed by atoms with Crippen molar-refractivity contribution in [3.8, 4) is 0 Å². The Hall–Kier alpha value is -0.340. The lowest BCUT2D eigenvalue weighted by molar-refractivity contribution is 0.266. The van der Waals surface area contributed by atoms with Gasteiger partial charge < -0.3 is 5.73 Å². The molecule has 0 aliphatic carbocycles. The van der Waals surface area contributed by atoms with Crippen molar-refractivity contribution in [3.05, 3.63) is 12.2 Å². The van der Waals surface area contributed by atoms with Gasteiger partial charge in [-0.15, -0.1) is 0 Å². The molecule has 13 heavy (non-hydrogen) atoms. The van der Waals surface area contributed by atoms with E-state index in [1.165, 1.54) is 13.0 Å². The molecule has 0 spiro atoms. The summed E-state index contributed by atoms with van der Waals surface area (Å²) in [6.07, 6.45) is 6.82. The van der Waals surface area contributed by atoms with Crippen LogP contribution in [-0.4, -0.2) is 30.6 Å². The van der Waals surface area contributed by atoms with Gasteiger partial charge in [-0.05, 0) is 18.8 Å². The molecule has 1 atom stereocenters. The predicted octanol–water partition coefficient (Wildman–Crippen LogP) is 1.62. The molecule has 0 radical (unpaired) electrons. The van der Waals surface area contributed by atoms with Gasteiger partial charge in [-0.2, -0.15) is 0 Å². The molecule has 0 amide bonds. The third kappa shape index (κ3) is 4.44. The number of hydrogen-bond donors (Lipinski definition) is 1. The normalized spacial score (nSPS) is 20.9. The molecule has 0 aromatic carbocycles. The third-order valence-corrected chi connectivity index (χ3v) is 2.41. The van der Waals surface area contributed by atoms with Crippen LogP contribution >= 0.6 is 0 Å². The number of hydrogen-bond acceptors (Lipinski definition) is 2. The molecule has 2 nitrogen and oxygen atoms in total. The van der Waals surface area contributed by atoms with Gasteiger partial charge >= 0.3 is 0 Å². The van der Waals surface area contributed by atoms with E-state index in [0.717, 1.165) is 25.4 Å². The summed E-state index contributed by atoms with van der Waals surface area (Å²) in [6, 6.07) is 0.353. The van der Waals surface area contributed by atoms with Crippen molar-refractivity contribution in [3.63, 3.8) is 0 Å². The van der Waals surface area contributed by atoms with Crippen LogP contribution < -0.4 is 5.73 Å². The van der Waals surface area contributed by atoms with Crippen LogP contribution in [0.25, 0.3) is 0 Å². The molecule has 76 valence electrons. The summed E-state index contributed by atoms with van der Waals surface area (Å²) in [7, 11) is 0. The molecule has 1 aliphatic heterocycles. The molecule has 0 saturated heterocycles. The zero-order chi connectivity index (χ0) is 9.68. The van der Waals surface area contributed by atoms with Crippen molar-refractivity contribution in [1.29, 1.82) is 0 Å². The van der Waals surface area contributed by atoms with Crippen molar-refractivity contribution < 1.29 is 0 Å². The topological polar surface area (TPSA) is 29.3 Å². The summed E-state index contributed by atoms with van der Waals surface area (Å²) in [4.78, 5) is 2.44. The number of nitrogens with zero attached hydrogens (tertiary/aromatic N) is 1. The Balaban J connectivity index is 2.19. The number of rotatable bonds is 4. The predicted molar refractivity (Wildman–Crippen MR) is 57.6 cm³/mol. The van der Waals surface area contributed by atoms with Gasteiger partial charge in [0.25, 0.3) is 0 Å². The van der Waals surface area contributed by atoms with Crippen LogP contribution in [-0.2, 0) is 0 Å². The van der Waals surface area contributed by atoms with E-state index in [-0.39, 0.29) is 0 Å². The van der Waals surface area contributed by atoms with Crippen LogP contribution in [0, 0.1) is 5.92 Å². The molecule has 0 fully saturated rings. The van der Waals surface area contributed by atoms with Gasteiger partial charge in [-0.1, -0.05) is 26.0 Å². The lowest BCUT2D eigenvalue weighted by Crippen LogP contribution is -2.39. The van der Waals surface area contributed by atoms with E-state index >= 15 is 0 Å². The molecule has 2 heteroatoms. The highest BCUT2D eigenvalue weighted by molar-refractivity contribution is 4.91. The summed E-state index contributed by atoms with van der Waals surface area (Å²) < 4.78 is 0. The van der Waals surface area contributed by atoms with Gasteiger partial charge in [0, 0.05) is 25.7 Å². The fraction of sp³-hybridized carbons (Fsp3) is 0.818. The maximum Gasteiger partial charge on any atom is 0.0170 e. The fourth-order valence-corrected chi connectivity index (χ4v) is 1.87. The SMILES string of the molecule is CC(C)CC(N)CN1CC=CCC1. The third-order valence-electron chi connectivity index (χ3n) is 2.41. The lowest BCUT2D eigenvalue weighted by Gasteiger charge is -2.26. The van der Waals surface area contributed by atoms with Gasteiger partial charge in [-0.3, -0.25) is 4.90 Å². The molecule has 0 aromatic heterocycles. The second kappa shape index (κ2) is 5.40. The van der Waals surface area contributed by atoms with Crippen LogP contribution in [0.4, 0.5) is 0 Å². The van der Waals surface area contributed by atoms with Crippen molar-refractivity contribution in [2.24, 2.45) is 11.7 Å². The van der Waals surface area contributed by atoms with E-state index < -0.39 is 0 Å². The average Bonchev–Trinajstić information content (AvgIpc) is 2.04. The summed E-state index contributed by atoms with van der Waals surface area (Å²) in [6.45, 7) is 7.79. The Labute approximate surface area is 81.8 Å². The molecular weight excluding hydrogens is 160 g/mol. The molecule has 1 heterocycles. The quantitative estimate of drug-likeness (QED) is 0.669. The monoisotopic (exact) mass is 182 g/mol. The summed E-state index contributed by atoms with van der Waals surface area (Å²) in [5.41, 5.74) is 6.04. The van der Waals surface area contributed by atoms with E-state index in [9.17, 15) is 0 Å². The maximum absolute atomic E-state index is 6.04. The summed E-state index contributed by atoms with van der Waals surface area (Å²) >= 11 is 0. The summed E-state index contributed by atoms with van der Waals surface area (Å²) in [5.74, 6) is 0.718. The van der Waals surface area contributed by atoms with Crippen molar-refractivity contribution in [1.82, 2.24) is 4.90 Å². The first-order valence-electron chi connectivity index (χ1n) is 5.31. The molecule has 1 rings (SSSR count). The van der Waals surface area contributed by atoms with Crippen molar-refractivity contribution >= 4 is 0 Å². The minimum absolute atomic E-state index is 0.353. The smallest absolute Gasteiger partial charge is 0.0170 e. The zero-order valence-corrected chi connectivity index (χ0v) is 8.87. The first kappa shape index (κ1) is 10.7. The average molecular weight is 182 g/mol. The van der Waals surface area contributed by atoms with E-state index in [2.05, 4.69) is 30.9 Å². The second-order valence-corrected chi connectivity index (χ2v) is 4.41. The van der Waals surface area contributed by atoms with E-state index in [1.54, 1.807) is 0 Å². The highest BCUT2D eigenvalue weighted by atomic mass is 15.1. The number of nitrogens with two attached hydrogens (primary N) is 1. The minimum Gasteiger partial charge on any atom is -0.327 e. The molecule has 0 bridgehead atoms. The fourth-order valence-electron chi connectivity index (χ4n) is 1.87. The molecule has 1 aliphatic rings. The van der Waals surface area contributed by atoms with Crippen molar-refractivity contribution in [2.45, 2.75) is 32.7 Å². The maximum atomic E-state index is 6.04. The van der Waals surface area contributed by atoms with Crippen molar-refractivity contribution in [2.75, 3.05) is 19.6 Å². The molecule has 0 saturated carbocycles. The molecule has 2 N–H and O–H groups in total. The van der Waals surface area contributed by atoms with Crippen LogP contribution in [0.3, 0.4) is 0 Å². The Kier molecular flexibility index (Phi) is 4.46. The van der Waals surface area contributed by atoms with Crippen LogP contribution in [0.15, 0.2) is 12.2 Å². The highest BCUT2D eigenvalue weighted by Crippen LogP contribution is 2.07. The van der Waals surface area contributed by atoms with E-state index in [0.29, 0.717) is 6.04 Å². The van der Waals surface area contributed by atoms with Crippen LogP contribution in [0.1, 0.15) is 26.7 Å². The Morgan fingerprint density at radius 2 is 2.15 bits per heavy atom. The second-order valence-electron chi connectivity index (χ2n) is 4.41. The standard InChI is InChI=1S/C11H22N2/c1-10(2)8-11(12)9-13-6-4-3-5-7-13/h3-4,10-11H,5-9,12H2,1-2H3. The van der Waals surface area contributed by atoms with Gasteiger partial charge in [0.05, 0.1) is 0 Å². The lowest BCUT2D eigenvalue weighted by atomic mass is 10.0. The van der Waals surface area contributed by atoms with Gasteiger partial charge in [0.15, 0.2) is 0 Å². The van der Waals surface area contributed by atoms with Crippen LogP contribution in [0.2, 0.25) is 0 Å². The highest BCUT2D eigenvalue weighted by Gasteiger charge is 2.11. The van der Waals surface area contributed by atoms with Gasteiger partial charge in [0.1, 0.15) is 0 Å². The van der Waals surface area contributed by atoms with Crippen LogP contribution in [0.5, 0.6) is 0 Å². The van der Waals surface area contributed by atoms with E-state index in [1.807, 2.05) is 0 Å². The Morgan fingerprint density at radius 1 is 1.38 bits per heavy atom.